The summed E-state index contributed by atoms with van der Waals surface area (Å²) in [6, 6.07) is 10.1. The number of hydrogen-bond donors (Lipinski definition) is 4. The Balaban J connectivity index is 0.000000169. The first-order chi connectivity index (χ1) is 26.7. The van der Waals surface area contributed by atoms with Crippen LogP contribution in [0, 0.1) is 40.4 Å². The molecule has 4 fully saturated rings. The summed E-state index contributed by atoms with van der Waals surface area (Å²) in [7, 11) is 0. The zero-order valence-corrected chi connectivity index (χ0v) is 29.6. The Morgan fingerprint density at radius 3 is 1.71 bits per heavy atom. The number of amides is 2. The Morgan fingerprint density at radius 1 is 0.673 bits per heavy atom. The highest BCUT2D eigenvalue weighted by Gasteiger charge is 2.28. The predicted molar refractivity (Wildman–Crippen MR) is 193 cm³/mol. The average Bonchev–Trinajstić information content (AvgIpc) is 4.13. The van der Waals surface area contributed by atoms with Crippen molar-refractivity contribution in [2.75, 3.05) is 36.8 Å². The van der Waals surface area contributed by atoms with Crippen LogP contribution in [0.15, 0.2) is 54.9 Å². The molecule has 0 radical (unpaired) electrons. The standard InChI is InChI=1S/C19H18F2N6O.C19H19FN6O/c20-16-13(18(28)24-12-6-8-27(9-12)10-22)3-4-15(17(16)21)26-19-23-7-5-14(25-19)11-1-2-11;20-15-9-13(18(27)23-14-6-8-26(10-14)11-21)3-4-17(15)25-19-22-7-5-16(24-19)12-1-2-12/h3-5,7,11-12H,1-2,6,8-9H2,(H,24,28)(H,23,25,26);3-5,7,9,12,14H,1-2,6,8,10H2,(H,23,27)(H,22,24,25)/t12-;14-/m11/s1. The number of nitrogens with zero attached hydrogens (tertiary/aromatic N) is 8. The van der Waals surface area contributed by atoms with Gasteiger partial charge < -0.3 is 31.1 Å². The molecule has 14 nitrogen and oxygen atoms in total. The number of anilines is 4. The van der Waals surface area contributed by atoms with Crippen molar-refractivity contribution in [3.05, 3.63) is 94.8 Å². The Labute approximate surface area is 314 Å². The molecule has 2 atom stereocenters. The number of nitriles is 2. The zero-order chi connectivity index (χ0) is 38.5. The van der Waals surface area contributed by atoms with E-state index in [-0.39, 0.29) is 46.4 Å². The van der Waals surface area contributed by atoms with Gasteiger partial charge in [-0.2, -0.15) is 10.5 Å². The van der Waals surface area contributed by atoms with Gasteiger partial charge in [0, 0.05) is 79.4 Å². The van der Waals surface area contributed by atoms with Crippen LogP contribution < -0.4 is 21.3 Å². The van der Waals surface area contributed by atoms with Crippen molar-refractivity contribution in [2.45, 2.75) is 62.4 Å². The minimum absolute atomic E-state index is 0.100. The third-order valence-electron chi connectivity index (χ3n) is 9.73. The molecule has 4 aromatic rings. The van der Waals surface area contributed by atoms with Crippen molar-refractivity contribution in [3.8, 4) is 12.4 Å². The summed E-state index contributed by atoms with van der Waals surface area (Å²) in [6.07, 6.45) is 13.0. The minimum Gasteiger partial charge on any atom is -0.347 e. The van der Waals surface area contributed by atoms with E-state index in [4.69, 9.17) is 10.5 Å². The van der Waals surface area contributed by atoms with Gasteiger partial charge in [0.15, 0.2) is 24.0 Å². The van der Waals surface area contributed by atoms with E-state index in [0.29, 0.717) is 56.8 Å². The molecule has 4 heterocycles. The van der Waals surface area contributed by atoms with Crippen molar-refractivity contribution in [1.29, 1.82) is 10.5 Å². The SMILES string of the molecule is N#CN1CC[C@@H](NC(=O)c2ccc(Nc3nccc(C4CC4)n3)c(F)c2)C1.N#CN1CC[C@@H](NC(=O)c2ccc(Nc3nccc(C4CC4)n3)c(F)c2F)C1. The van der Waals surface area contributed by atoms with Gasteiger partial charge in [-0.15, -0.1) is 0 Å². The topological polar surface area (TPSA) is 188 Å². The van der Waals surface area contributed by atoms with Crippen LogP contribution in [-0.2, 0) is 0 Å². The Morgan fingerprint density at radius 2 is 1.20 bits per heavy atom. The Kier molecular flexibility index (Phi) is 10.9. The van der Waals surface area contributed by atoms with Crippen LogP contribution in [0.5, 0.6) is 0 Å². The number of aromatic nitrogens is 4. The van der Waals surface area contributed by atoms with E-state index >= 15 is 0 Å². The third kappa shape index (κ3) is 9.18. The van der Waals surface area contributed by atoms with Crippen LogP contribution in [0.3, 0.4) is 0 Å². The van der Waals surface area contributed by atoms with E-state index in [1.165, 1.54) is 29.2 Å². The largest absolute Gasteiger partial charge is 0.347 e. The third-order valence-corrected chi connectivity index (χ3v) is 9.73. The van der Waals surface area contributed by atoms with Crippen molar-refractivity contribution in [1.82, 2.24) is 40.4 Å². The lowest BCUT2D eigenvalue weighted by molar-refractivity contribution is 0.0927. The van der Waals surface area contributed by atoms with Gasteiger partial charge in [-0.25, -0.2) is 33.1 Å². The number of rotatable bonds is 10. The molecule has 55 heavy (non-hydrogen) atoms. The van der Waals surface area contributed by atoms with Gasteiger partial charge in [-0.1, -0.05) is 0 Å². The number of hydrogen-bond acceptors (Lipinski definition) is 12. The molecule has 8 rings (SSSR count). The van der Waals surface area contributed by atoms with Gasteiger partial charge in [0.1, 0.15) is 5.82 Å². The van der Waals surface area contributed by atoms with Gasteiger partial charge in [-0.3, -0.25) is 9.59 Å². The lowest BCUT2D eigenvalue weighted by Crippen LogP contribution is -2.37. The minimum atomic E-state index is -1.24. The molecule has 2 aliphatic heterocycles. The fourth-order valence-electron chi connectivity index (χ4n) is 6.37. The molecule has 2 saturated carbocycles. The van der Waals surface area contributed by atoms with Gasteiger partial charge in [-0.05, 0) is 81.0 Å². The molecule has 0 bridgehead atoms. The normalized spacial score (nSPS) is 18.7. The summed E-state index contributed by atoms with van der Waals surface area (Å²) in [5, 5.41) is 28.8. The van der Waals surface area contributed by atoms with Crippen molar-refractivity contribution < 1.29 is 22.8 Å². The second-order valence-electron chi connectivity index (χ2n) is 13.9. The molecule has 0 spiro atoms. The van der Waals surface area contributed by atoms with Gasteiger partial charge >= 0.3 is 0 Å². The summed E-state index contributed by atoms with van der Waals surface area (Å²) < 4.78 is 43.4. The molecule has 0 unspecified atom stereocenters. The molecular formula is C38H37F3N12O2. The molecule has 282 valence electrons. The monoisotopic (exact) mass is 750 g/mol. The molecule has 2 aromatic heterocycles. The van der Waals surface area contributed by atoms with E-state index in [9.17, 15) is 22.8 Å². The maximum absolute atomic E-state index is 14.5. The quantitative estimate of drug-likeness (QED) is 0.156. The van der Waals surface area contributed by atoms with E-state index in [0.717, 1.165) is 37.1 Å². The summed E-state index contributed by atoms with van der Waals surface area (Å²) >= 11 is 0. The van der Waals surface area contributed by atoms with Crippen LogP contribution >= 0.6 is 0 Å². The van der Waals surface area contributed by atoms with E-state index in [1.807, 2.05) is 18.3 Å². The fourth-order valence-corrected chi connectivity index (χ4v) is 6.37. The summed E-state index contributed by atoms with van der Waals surface area (Å²) in [4.78, 5) is 44.6. The second-order valence-corrected chi connectivity index (χ2v) is 13.9. The van der Waals surface area contributed by atoms with Crippen molar-refractivity contribution in [2.24, 2.45) is 0 Å². The van der Waals surface area contributed by atoms with Crippen LogP contribution in [-0.4, -0.2) is 79.8 Å². The van der Waals surface area contributed by atoms with Crippen LogP contribution in [0.1, 0.15) is 82.5 Å². The van der Waals surface area contributed by atoms with Gasteiger partial charge in [0.25, 0.3) is 11.8 Å². The number of nitrogens with one attached hydrogen (secondary N) is 4. The number of halogens is 3. The summed E-state index contributed by atoms with van der Waals surface area (Å²) in [5.74, 6) is -2.60. The fraction of sp³-hybridized carbons (Fsp3) is 0.368. The summed E-state index contributed by atoms with van der Waals surface area (Å²) in [5.41, 5.74) is 1.77. The Hall–Kier alpha value is -6.49. The maximum atomic E-state index is 14.5. The first-order valence-electron chi connectivity index (χ1n) is 18.1. The van der Waals surface area contributed by atoms with E-state index in [2.05, 4.69) is 47.4 Å². The zero-order valence-electron chi connectivity index (χ0n) is 29.6. The van der Waals surface area contributed by atoms with Gasteiger partial charge in [0.2, 0.25) is 11.9 Å². The first kappa shape index (κ1) is 36.9. The molecule has 4 aliphatic rings. The highest BCUT2D eigenvalue weighted by atomic mass is 19.2. The van der Waals surface area contributed by atoms with Crippen LogP contribution in [0.4, 0.5) is 36.4 Å². The Bertz CT molecular complexity index is 2170. The van der Waals surface area contributed by atoms with E-state index in [1.54, 1.807) is 23.4 Å². The number of benzene rings is 2. The molecule has 17 heteroatoms. The molecule has 2 aliphatic carbocycles. The highest BCUT2D eigenvalue weighted by molar-refractivity contribution is 5.95. The molecule has 2 saturated heterocycles. The number of likely N-dealkylation sites (tertiary alicyclic amines) is 2. The number of carbonyl (C=O) groups is 2. The smallest absolute Gasteiger partial charge is 0.254 e. The highest BCUT2D eigenvalue weighted by Crippen LogP contribution is 2.40. The lowest BCUT2D eigenvalue weighted by Gasteiger charge is -2.14. The van der Waals surface area contributed by atoms with Crippen LogP contribution in [0.2, 0.25) is 0 Å². The molecule has 4 N–H and O–H groups in total. The van der Waals surface area contributed by atoms with Crippen molar-refractivity contribution >= 4 is 35.1 Å². The summed E-state index contributed by atoms with van der Waals surface area (Å²) in [6.45, 7) is 2.00. The number of carbonyl (C=O) groups excluding carboxylic acids is 2. The van der Waals surface area contributed by atoms with Crippen molar-refractivity contribution in [3.63, 3.8) is 0 Å². The first-order valence-corrected chi connectivity index (χ1v) is 18.1. The maximum Gasteiger partial charge on any atom is 0.254 e. The lowest BCUT2D eigenvalue weighted by atomic mass is 10.1. The van der Waals surface area contributed by atoms with Gasteiger partial charge in [0.05, 0.1) is 16.9 Å². The molecule has 2 amide bonds. The second kappa shape index (κ2) is 16.3. The predicted octanol–water partition coefficient (Wildman–Crippen LogP) is 5.18. The van der Waals surface area contributed by atoms with E-state index < -0.39 is 23.4 Å². The average molecular weight is 751 g/mol. The molecule has 2 aromatic carbocycles. The molecular weight excluding hydrogens is 713 g/mol. The van der Waals surface area contributed by atoms with Crippen LogP contribution in [0.25, 0.3) is 0 Å².